The van der Waals surface area contributed by atoms with Crippen LogP contribution in [0, 0.1) is 0 Å². The Kier molecular flexibility index (Phi) is 6.18. The van der Waals surface area contributed by atoms with Gasteiger partial charge in [-0.05, 0) is 25.0 Å². The molecule has 136 valence electrons. The quantitative estimate of drug-likeness (QED) is 0.762. The molecule has 0 unspecified atom stereocenters. The van der Waals surface area contributed by atoms with E-state index in [9.17, 15) is 4.79 Å². The second-order valence-corrected chi connectivity index (χ2v) is 7.79. The second-order valence-electron chi connectivity index (χ2n) is 6.85. The summed E-state index contributed by atoms with van der Waals surface area (Å²) in [6.45, 7) is 4.76. The lowest BCUT2D eigenvalue weighted by molar-refractivity contribution is -0.119. The molecule has 1 fully saturated rings. The molecule has 1 saturated carbocycles. The first-order valence-electron chi connectivity index (χ1n) is 9.01. The Labute approximate surface area is 152 Å². The molecule has 0 aliphatic heterocycles. The van der Waals surface area contributed by atoms with Gasteiger partial charge in [0.2, 0.25) is 5.91 Å². The largest absolute Gasteiger partial charge is 0.467 e. The monoisotopic (exact) mass is 362 g/mol. The minimum atomic E-state index is 0.0792. The van der Waals surface area contributed by atoms with Crippen LogP contribution in [0.2, 0.25) is 0 Å². The lowest BCUT2D eigenvalue weighted by atomic mass is 9.95. The van der Waals surface area contributed by atoms with E-state index in [4.69, 9.17) is 4.42 Å². The number of aromatic nitrogens is 3. The van der Waals surface area contributed by atoms with Crippen LogP contribution in [-0.4, -0.2) is 32.5 Å². The summed E-state index contributed by atoms with van der Waals surface area (Å²) in [6.07, 6.45) is 7.58. The molecular weight excluding hydrogens is 336 g/mol. The third-order valence-corrected chi connectivity index (χ3v) is 5.43. The number of carbonyl (C=O) groups is 1. The number of carbonyl (C=O) groups excluding carboxylic acids is 1. The van der Waals surface area contributed by atoms with Gasteiger partial charge in [0.25, 0.3) is 0 Å². The highest BCUT2D eigenvalue weighted by atomic mass is 32.2. The maximum Gasteiger partial charge on any atom is 0.230 e. The molecule has 1 aliphatic rings. The molecule has 2 heterocycles. The van der Waals surface area contributed by atoms with E-state index in [-0.39, 0.29) is 11.8 Å². The molecule has 2 aromatic heterocycles. The van der Waals surface area contributed by atoms with Crippen LogP contribution in [0.5, 0.6) is 0 Å². The van der Waals surface area contributed by atoms with E-state index >= 15 is 0 Å². The number of nitrogens with zero attached hydrogens (tertiary/aromatic N) is 3. The van der Waals surface area contributed by atoms with Crippen molar-refractivity contribution in [1.82, 2.24) is 20.1 Å². The summed E-state index contributed by atoms with van der Waals surface area (Å²) in [5.74, 6) is 2.47. The predicted molar refractivity (Wildman–Crippen MR) is 97.7 cm³/mol. The van der Waals surface area contributed by atoms with Crippen LogP contribution in [0.25, 0.3) is 0 Å². The number of nitrogens with one attached hydrogen (secondary N) is 1. The topological polar surface area (TPSA) is 73.0 Å². The van der Waals surface area contributed by atoms with Crippen molar-refractivity contribution in [2.45, 2.75) is 69.6 Å². The SMILES string of the molecule is CC(C)c1nnc(SCC(=O)NC2CCCCC2)n1Cc1ccco1. The van der Waals surface area contributed by atoms with E-state index < -0.39 is 0 Å². The Morgan fingerprint density at radius 3 is 2.84 bits per heavy atom. The van der Waals surface area contributed by atoms with Crippen LogP contribution in [0.15, 0.2) is 28.0 Å². The molecule has 0 atom stereocenters. The van der Waals surface area contributed by atoms with E-state index in [1.165, 1.54) is 31.0 Å². The van der Waals surface area contributed by atoms with Gasteiger partial charge in [-0.25, -0.2) is 0 Å². The molecular formula is C18H26N4O2S. The fraction of sp³-hybridized carbons (Fsp3) is 0.611. The minimum Gasteiger partial charge on any atom is -0.467 e. The Balaban J connectivity index is 1.62. The first kappa shape index (κ1) is 18.0. The van der Waals surface area contributed by atoms with Crippen molar-refractivity contribution in [3.8, 4) is 0 Å². The normalized spacial score (nSPS) is 15.6. The summed E-state index contributed by atoms with van der Waals surface area (Å²) in [6, 6.07) is 4.15. The summed E-state index contributed by atoms with van der Waals surface area (Å²) in [5, 5.41) is 12.5. The van der Waals surface area contributed by atoms with E-state index in [0.717, 1.165) is 29.6 Å². The first-order chi connectivity index (χ1) is 12.1. The molecule has 0 radical (unpaired) electrons. The van der Waals surface area contributed by atoms with Crippen molar-refractivity contribution < 1.29 is 9.21 Å². The van der Waals surface area contributed by atoms with Crippen molar-refractivity contribution >= 4 is 17.7 Å². The Hall–Kier alpha value is -1.76. The lowest BCUT2D eigenvalue weighted by Crippen LogP contribution is -2.37. The first-order valence-corrected chi connectivity index (χ1v) is 9.99. The molecule has 1 N–H and O–H groups in total. The van der Waals surface area contributed by atoms with Gasteiger partial charge in [-0.2, -0.15) is 0 Å². The number of hydrogen-bond donors (Lipinski definition) is 1. The number of hydrogen-bond acceptors (Lipinski definition) is 5. The highest BCUT2D eigenvalue weighted by Crippen LogP contribution is 2.23. The molecule has 0 bridgehead atoms. The summed E-state index contributed by atoms with van der Waals surface area (Å²) in [4.78, 5) is 12.2. The van der Waals surface area contributed by atoms with Gasteiger partial charge < -0.3 is 9.73 Å². The molecule has 0 spiro atoms. The van der Waals surface area contributed by atoms with Crippen molar-refractivity contribution in [3.63, 3.8) is 0 Å². The number of furan rings is 1. The van der Waals surface area contributed by atoms with Gasteiger partial charge >= 0.3 is 0 Å². The smallest absolute Gasteiger partial charge is 0.230 e. The predicted octanol–water partition coefficient (Wildman–Crippen LogP) is 3.58. The van der Waals surface area contributed by atoms with Crippen LogP contribution in [0.3, 0.4) is 0 Å². The Morgan fingerprint density at radius 1 is 1.36 bits per heavy atom. The van der Waals surface area contributed by atoms with Crippen LogP contribution in [0.1, 0.15) is 63.5 Å². The maximum absolute atomic E-state index is 12.2. The highest BCUT2D eigenvalue weighted by Gasteiger charge is 2.19. The Morgan fingerprint density at radius 2 is 2.16 bits per heavy atom. The lowest BCUT2D eigenvalue weighted by Gasteiger charge is -2.22. The molecule has 0 aromatic carbocycles. The van der Waals surface area contributed by atoms with E-state index in [2.05, 4.69) is 29.4 Å². The van der Waals surface area contributed by atoms with Crippen molar-refractivity contribution in [1.29, 1.82) is 0 Å². The molecule has 0 saturated heterocycles. The molecule has 1 amide bonds. The summed E-state index contributed by atoms with van der Waals surface area (Å²) in [5.41, 5.74) is 0. The van der Waals surface area contributed by atoms with E-state index in [0.29, 0.717) is 18.3 Å². The van der Waals surface area contributed by atoms with Gasteiger partial charge in [-0.15, -0.1) is 10.2 Å². The molecule has 1 aliphatic carbocycles. The second kappa shape index (κ2) is 8.56. The van der Waals surface area contributed by atoms with Gasteiger partial charge in [-0.1, -0.05) is 44.9 Å². The fourth-order valence-corrected chi connectivity index (χ4v) is 3.94. The van der Waals surface area contributed by atoms with E-state index in [1.54, 1.807) is 6.26 Å². The highest BCUT2D eigenvalue weighted by molar-refractivity contribution is 7.99. The average Bonchev–Trinajstić information content (AvgIpc) is 3.24. The molecule has 25 heavy (non-hydrogen) atoms. The van der Waals surface area contributed by atoms with Crippen molar-refractivity contribution in [3.05, 3.63) is 30.0 Å². The molecule has 7 heteroatoms. The molecule has 2 aromatic rings. The van der Waals surface area contributed by atoms with Gasteiger partial charge in [-0.3, -0.25) is 9.36 Å². The number of thioether (sulfide) groups is 1. The maximum atomic E-state index is 12.2. The van der Waals surface area contributed by atoms with Crippen molar-refractivity contribution in [2.24, 2.45) is 0 Å². The number of amides is 1. The third-order valence-electron chi connectivity index (χ3n) is 4.46. The zero-order valence-electron chi connectivity index (χ0n) is 14.9. The van der Waals surface area contributed by atoms with Crippen LogP contribution >= 0.6 is 11.8 Å². The van der Waals surface area contributed by atoms with Crippen LogP contribution in [-0.2, 0) is 11.3 Å². The standard InChI is InChI=1S/C18H26N4O2S/c1-13(2)17-20-21-18(22(17)11-15-9-6-10-24-15)25-12-16(23)19-14-7-4-3-5-8-14/h6,9-10,13-14H,3-5,7-8,11-12H2,1-2H3,(H,19,23). The van der Waals surface area contributed by atoms with Crippen molar-refractivity contribution in [2.75, 3.05) is 5.75 Å². The molecule has 6 nitrogen and oxygen atoms in total. The van der Waals surface area contributed by atoms with Gasteiger partial charge in [0.05, 0.1) is 18.6 Å². The average molecular weight is 362 g/mol. The summed E-state index contributed by atoms with van der Waals surface area (Å²) >= 11 is 1.44. The van der Waals surface area contributed by atoms with E-state index in [1.807, 2.05) is 16.7 Å². The summed E-state index contributed by atoms with van der Waals surface area (Å²) < 4.78 is 7.50. The van der Waals surface area contributed by atoms with Crippen LogP contribution in [0.4, 0.5) is 0 Å². The fourth-order valence-electron chi connectivity index (χ4n) is 3.19. The minimum absolute atomic E-state index is 0.0792. The number of rotatable bonds is 7. The van der Waals surface area contributed by atoms with Gasteiger partial charge in [0, 0.05) is 12.0 Å². The Bertz CT molecular complexity index is 675. The zero-order valence-corrected chi connectivity index (χ0v) is 15.7. The third kappa shape index (κ3) is 4.87. The zero-order chi connectivity index (χ0) is 17.6. The van der Waals surface area contributed by atoms with Gasteiger partial charge in [0.15, 0.2) is 5.16 Å². The molecule has 3 rings (SSSR count). The summed E-state index contributed by atoms with van der Waals surface area (Å²) in [7, 11) is 0. The van der Waals surface area contributed by atoms with Gasteiger partial charge in [0.1, 0.15) is 11.6 Å². The van der Waals surface area contributed by atoms with Crippen LogP contribution < -0.4 is 5.32 Å².